The Labute approximate surface area is 679 Å². The zero-order chi connectivity index (χ0) is 84.4. The fraction of sp³-hybridized carbons (Fsp3) is 0.195. The van der Waals surface area contributed by atoms with Crippen molar-refractivity contribution in [1.29, 1.82) is 0 Å². The Morgan fingerprint density at radius 3 is 0.882 bits per heavy atom. The molecule has 0 saturated heterocycles. The summed E-state index contributed by atoms with van der Waals surface area (Å²) in [5.74, 6) is 3.37. The van der Waals surface area contributed by atoms with Gasteiger partial charge in [0.05, 0.1) is 61.3 Å². The first-order chi connectivity index (χ1) is 57.8. The van der Waals surface area contributed by atoms with Gasteiger partial charge in [-0.3, -0.25) is 41.2 Å². The van der Waals surface area contributed by atoms with Gasteiger partial charge >= 0.3 is 48.7 Å². The summed E-state index contributed by atoms with van der Waals surface area (Å²) in [7, 11) is 2.75. The number of para-hydroxylation sites is 1. The van der Waals surface area contributed by atoms with Crippen LogP contribution in [0.3, 0.4) is 0 Å². The Kier molecular flexibility index (Phi) is 31.2. The van der Waals surface area contributed by atoms with E-state index >= 15 is 0 Å². The van der Waals surface area contributed by atoms with Crippen LogP contribution in [0.2, 0.25) is 0 Å². The first-order valence-corrected chi connectivity index (χ1v) is 37.0. The lowest BCUT2D eigenvalue weighted by molar-refractivity contribution is 0.0685. The third kappa shape index (κ3) is 25.8. The average molecular weight is 1620 g/mol. The molecule has 0 bridgehead atoms. The molecule has 0 fully saturated rings. The van der Waals surface area contributed by atoms with Crippen molar-refractivity contribution in [2.75, 3.05) is 88.0 Å². The molecule has 8 aromatic heterocycles. The fourth-order valence-corrected chi connectivity index (χ4v) is 10.3. The molecule has 8 heterocycles. The summed E-state index contributed by atoms with van der Waals surface area (Å²) in [5.41, 5.74) is 9.47. The number of pyridine rings is 4. The number of urea groups is 4. The SMILES string of the molecule is CCNC(=O)Nc1ccc2ncc(-c3ccc(OC(=O)N(CC)CC)cc3)nc2n1.CCNC(=O)Nc1ccc2ncc(-c3ccc(OC(=O)OC)cc3)nc2n1.CCNC(=O)Nc1ccc2ncc(-c3ccc(OC(=O)OCCOC)cc3)nc2n1.CCNC(=O)Nc1ccc2ncc(-c3ccc(OC(=O)Oc4ccccc4)cc3)nc2n1. The standard InChI is InChI=1S/C23H19N5O4.C21H24N6O3.C20H21N5O5.C18H17N5O4/c1-2-24-22(29)28-20-13-12-18-21(27-20)26-19(14-25-18)15-8-10-17(11-9-15)32-23(30)31-16-6-4-3-5-7-16;1-4-22-20(28)26-18-12-11-16-19(25-18)24-17(13-23-16)14-7-9-15(10-8-14)30-21(29)27(5-2)6-3;1-3-21-19(26)25-17-9-8-15-18(24-17)23-16(12-22-15)13-4-6-14(7-5-13)30-20(27)29-11-10-28-2;1-3-19-17(24)23-15-9-8-13-16(22-15)21-14(10-20-13)11-4-6-12(7-5-11)27-18(25)26-2/h3-14H,2H2,1H3,(H2,24,26,27,28,29);7-13H,4-6H2,1-3H3,(H2,22,24,25,26,28);4-9,12H,3,10-11H2,1-2H3,(H2,21,23,24,25,26);4-10H,3H2,1-2H3,(H2,19,21,22,23,24). The molecule has 0 saturated carbocycles. The molecule has 5 aromatic carbocycles. The Balaban J connectivity index is 0.000000167. The molecule has 13 rings (SSSR count). The topological polar surface area (TPSA) is 465 Å². The molecule has 8 N–H and O–H groups in total. The van der Waals surface area contributed by atoms with Crippen LogP contribution in [0.4, 0.5) is 61.6 Å². The summed E-state index contributed by atoms with van der Waals surface area (Å²) in [5, 5.41) is 21.1. The smallest absolute Gasteiger partial charge is 0.437 e. The van der Waals surface area contributed by atoms with E-state index in [4.69, 9.17) is 33.2 Å². The third-order valence-corrected chi connectivity index (χ3v) is 16.0. The number of carbonyl (C=O) groups is 8. The number of anilines is 4. The van der Waals surface area contributed by atoms with Crippen LogP contribution in [-0.2, 0) is 14.2 Å². The number of nitrogens with one attached hydrogen (secondary N) is 8. The van der Waals surface area contributed by atoms with E-state index in [9.17, 15) is 38.4 Å². The lowest BCUT2D eigenvalue weighted by Gasteiger charge is -2.17. The van der Waals surface area contributed by atoms with Crippen LogP contribution in [-0.4, -0.2) is 180 Å². The molecule has 0 aliphatic carbocycles. The Bertz CT molecular complexity index is 5670. The van der Waals surface area contributed by atoms with Crippen molar-refractivity contribution in [2.24, 2.45) is 0 Å². The van der Waals surface area contributed by atoms with E-state index in [2.05, 4.69) is 107 Å². The van der Waals surface area contributed by atoms with Gasteiger partial charge in [-0.25, -0.2) is 78.2 Å². The summed E-state index contributed by atoms with van der Waals surface area (Å²) in [6, 6.07) is 48.1. The molecule has 0 unspecified atom stereocenters. The minimum absolute atomic E-state index is 0.115. The molecule has 0 aliphatic rings. The minimum Gasteiger partial charge on any atom is -0.437 e. The van der Waals surface area contributed by atoms with E-state index in [1.54, 1.807) is 200 Å². The number of benzene rings is 5. The van der Waals surface area contributed by atoms with Crippen molar-refractivity contribution < 1.29 is 76.3 Å². The summed E-state index contributed by atoms with van der Waals surface area (Å²) < 4.78 is 39.8. The third-order valence-electron chi connectivity index (χ3n) is 16.0. The van der Waals surface area contributed by atoms with Crippen molar-refractivity contribution in [3.8, 4) is 73.8 Å². The molecule has 119 heavy (non-hydrogen) atoms. The molecule has 37 nitrogen and oxygen atoms in total. The van der Waals surface area contributed by atoms with Crippen molar-refractivity contribution in [3.05, 3.63) is 201 Å². The molecule has 0 aliphatic heterocycles. The van der Waals surface area contributed by atoms with Gasteiger partial charge in [0.25, 0.3) is 0 Å². The number of rotatable bonds is 22. The largest absolute Gasteiger partial charge is 0.519 e. The summed E-state index contributed by atoms with van der Waals surface area (Å²) in [6.45, 7) is 14.7. The van der Waals surface area contributed by atoms with Crippen LogP contribution in [0, 0.1) is 0 Å². The number of hydrogen-bond acceptors (Lipinski definition) is 28. The van der Waals surface area contributed by atoms with Crippen LogP contribution >= 0.6 is 0 Å². The lowest BCUT2D eigenvalue weighted by atomic mass is 10.1. The highest BCUT2D eigenvalue weighted by atomic mass is 16.7. The van der Waals surface area contributed by atoms with Gasteiger partial charge in [0.2, 0.25) is 0 Å². The summed E-state index contributed by atoms with van der Waals surface area (Å²) in [6.07, 6.45) is 3.72. The monoisotopic (exact) mass is 1620 g/mol. The maximum atomic E-state index is 12.1. The Morgan fingerprint density at radius 1 is 0.311 bits per heavy atom. The van der Waals surface area contributed by atoms with Crippen LogP contribution in [0.1, 0.15) is 41.5 Å². The van der Waals surface area contributed by atoms with Crippen LogP contribution in [0.15, 0.2) is 201 Å². The average Bonchev–Trinajstić information content (AvgIpc) is 0.823. The zero-order valence-corrected chi connectivity index (χ0v) is 65.6. The number of amides is 9. The van der Waals surface area contributed by atoms with Crippen LogP contribution in [0.25, 0.3) is 89.7 Å². The molecule has 0 atom stereocenters. The second-order valence-corrected chi connectivity index (χ2v) is 24.3. The van der Waals surface area contributed by atoms with Crippen molar-refractivity contribution >= 4 is 117 Å². The number of ether oxygens (including phenoxy) is 8. The molecular weight excluding hydrogens is 1540 g/mol. The minimum atomic E-state index is -0.828. The van der Waals surface area contributed by atoms with Gasteiger partial charge in [-0.2, -0.15) is 0 Å². The molecule has 9 amide bonds. The number of fused-ring (bicyclic) bond motifs is 4. The van der Waals surface area contributed by atoms with Crippen LogP contribution in [0.5, 0.6) is 28.7 Å². The number of hydrogen-bond donors (Lipinski definition) is 8. The van der Waals surface area contributed by atoms with Gasteiger partial charge in [0.1, 0.15) is 80.7 Å². The predicted molar refractivity (Wildman–Crippen MR) is 441 cm³/mol. The van der Waals surface area contributed by atoms with Gasteiger partial charge in [0.15, 0.2) is 22.6 Å². The molecule has 0 spiro atoms. The Hall–Kier alpha value is -15.8. The van der Waals surface area contributed by atoms with Gasteiger partial charge < -0.3 is 64.1 Å². The zero-order valence-electron chi connectivity index (χ0n) is 65.6. The second-order valence-electron chi connectivity index (χ2n) is 24.3. The van der Waals surface area contributed by atoms with E-state index in [-0.39, 0.29) is 36.8 Å². The summed E-state index contributed by atoms with van der Waals surface area (Å²) >= 11 is 0. The van der Waals surface area contributed by atoms with Crippen molar-refractivity contribution in [2.45, 2.75) is 41.5 Å². The highest BCUT2D eigenvalue weighted by molar-refractivity contribution is 5.92. The van der Waals surface area contributed by atoms with E-state index < -0.39 is 18.5 Å². The van der Waals surface area contributed by atoms with Gasteiger partial charge in [-0.05, 0) is 199 Å². The number of nitrogens with zero attached hydrogens (tertiary/aromatic N) is 13. The predicted octanol–water partition coefficient (Wildman–Crippen LogP) is 14.1. The first-order valence-electron chi connectivity index (χ1n) is 37.0. The lowest BCUT2D eigenvalue weighted by Crippen LogP contribution is -2.33. The van der Waals surface area contributed by atoms with Crippen molar-refractivity contribution in [1.82, 2.24) is 86.0 Å². The van der Waals surface area contributed by atoms with Gasteiger partial charge in [0, 0.05) is 68.6 Å². The molecule has 13 aromatic rings. The van der Waals surface area contributed by atoms with E-state index in [0.717, 1.165) is 22.3 Å². The summed E-state index contributed by atoms with van der Waals surface area (Å²) in [4.78, 5) is 148. The quantitative estimate of drug-likeness (QED) is 0.0177. The van der Waals surface area contributed by atoms with Gasteiger partial charge in [-0.1, -0.05) is 18.2 Å². The normalized spacial score (nSPS) is 10.4. The van der Waals surface area contributed by atoms with E-state index in [1.807, 2.05) is 47.6 Å². The molecule has 610 valence electrons. The maximum Gasteiger partial charge on any atom is 0.519 e. The molecule has 37 heteroatoms. The highest BCUT2D eigenvalue weighted by Crippen LogP contribution is 2.28. The Morgan fingerprint density at radius 2 is 0.597 bits per heavy atom. The fourth-order valence-electron chi connectivity index (χ4n) is 10.3. The van der Waals surface area contributed by atoms with E-state index in [0.29, 0.717) is 165 Å². The van der Waals surface area contributed by atoms with Crippen molar-refractivity contribution in [3.63, 3.8) is 0 Å². The number of carbonyl (C=O) groups excluding carboxylic acids is 8. The van der Waals surface area contributed by atoms with Gasteiger partial charge in [-0.15, -0.1) is 0 Å². The maximum absolute atomic E-state index is 12.1. The number of aromatic nitrogens is 12. The first kappa shape index (κ1) is 85.6. The number of methoxy groups -OCH3 is 2. The van der Waals surface area contributed by atoms with E-state index in [1.165, 1.54) is 14.2 Å². The molecule has 0 radical (unpaired) electrons. The van der Waals surface area contributed by atoms with Crippen LogP contribution < -0.4 is 66.2 Å². The second kappa shape index (κ2) is 43.4. The molecular formula is C82H81N21O16. The highest BCUT2D eigenvalue weighted by Gasteiger charge is 2.17.